The van der Waals surface area contributed by atoms with E-state index < -0.39 is 0 Å². The number of hydrogen-bond donors (Lipinski definition) is 1. The SMILES string of the molecule is CSc1nc(Cl)nc(Cl)c1N. The van der Waals surface area contributed by atoms with Crippen molar-refractivity contribution in [3.63, 3.8) is 0 Å². The molecular weight excluding hydrogens is 205 g/mol. The molecule has 0 spiro atoms. The highest BCUT2D eigenvalue weighted by Gasteiger charge is 2.06. The fourth-order valence-corrected chi connectivity index (χ4v) is 1.54. The first-order valence-corrected chi connectivity index (χ1v) is 4.65. The summed E-state index contributed by atoms with van der Waals surface area (Å²) in [5, 5.41) is 0.929. The topological polar surface area (TPSA) is 51.8 Å². The van der Waals surface area contributed by atoms with Crippen LogP contribution in [0.4, 0.5) is 5.69 Å². The maximum Gasteiger partial charge on any atom is 0.224 e. The minimum absolute atomic E-state index is 0.119. The Morgan fingerprint density at radius 2 is 2.00 bits per heavy atom. The Bertz CT molecular complexity index is 279. The van der Waals surface area contributed by atoms with Crippen molar-refractivity contribution >= 4 is 40.7 Å². The van der Waals surface area contributed by atoms with Crippen LogP contribution in [-0.4, -0.2) is 16.2 Å². The van der Waals surface area contributed by atoms with Gasteiger partial charge in [0.25, 0.3) is 0 Å². The molecule has 0 aromatic carbocycles. The number of aromatic nitrogens is 2. The van der Waals surface area contributed by atoms with Crippen LogP contribution in [-0.2, 0) is 0 Å². The average Bonchev–Trinajstić information content (AvgIpc) is 1.96. The van der Waals surface area contributed by atoms with Crippen LogP contribution < -0.4 is 5.73 Å². The molecule has 6 heteroatoms. The number of nitrogens with zero attached hydrogens (tertiary/aromatic N) is 2. The van der Waals surface area contributed by atoms with Crippen molar-refractivity contribution in [1.82, 2.24) is 9.97 Å². The second kappa shape index (κ2) is 3.47. The highest BCUT2D eigenvalue weighted by molar-refractivity contribution is 7.98. The quantitative estimate of drug-likeness (QED) is 0.438. The van der Waals surface area contributed by atoms with Gasteiger partial charge < -0.3 is 5.73 Å². The Hall–Kier alpha value is -0.190. The number of anilines is 1. The first-order valence-electron chi connectivity index (χ1n) is 2.67. The van der Waals surface area contributed by atoms with E-state index in [9.17, 15) is 0 Å². The lowest BCUT2D eigenvalue weighted by atomic mass is 10.6. The minimum Gasteiger partial charge on any atom is -0.394 e. The zero-order valence-corrected chi connectivity index (χ0v) is 7.96. The summed E-state index contributed by atoms with van der Waals surface area (Å²) in [5.74, 6) is 0. The summed E-state index contributed by atoms with van der Waals surface area (Å²) in [5.41, 5.74) is 5.90. The van der Waals surface area contributed by atoms with Gasteiger partial charge in [-0.15, -0.1) is 11.8 Å². The molecule has 1 rings (SSSR count). The van der Waals surface area contributed by atoms with E-state index in [-0.39, 0.29) is 10.4 Å². The molecule has 0 aliphatic heterocycles. The average molecular weight is 210 g/mol. The molecule has 0 radical (unpaired) electrons. The molecule has 0 atom stereocenters. The lowest BCUT2D eigenvalue weighted by molar-refractivity contribution is 1.06. The first kappa shape index (κ1) is 8.90. The van der Waals surface area contributed by atoms with Crippen molar-refractivity contribution in [3.8, 4) is 0 Å². The van der Waals surface area contributed by atoms with Crippen molar-refractivity contribution in [2.24, 2.45) is 0 Å². The van der Waals surface area contributed by atoms with Crippen LogP contribution in [0.25, 0.3) is 0 Å². The van der Waals surface area contributed by atoms with Crippen LogP contribution in [0.2, 0.25) is 10.4 Å². The fraction of sp³-hybridized carbons (Fsp3) is 0.200. The molecule has 0 fully saturated rings. The van der Waals surface area contributed by atoms with Crippen molar-refractivity contribution in [2.45, 2.75) is 5.03 Å². The van der Waals surface area contributed by atoms with Crippen LogP contribution in [0.3, 0.4) is 0 Å². The maximum absolute atomic E-state index is 5.62. The predicted molar refractivity (Wildman–Crippen MR) is 48.2 cm³/mol. The Kier molecular flexibility index (Phi) is 2.81. The Morgan fingerprint density at radius 3 is 2.55 bits per heavy atom. The molecule has 60 valence electrons. The summed E-state index contributed by atoms with van der Waals surface area (Å²) in [6.45, 7) is 0. The molecule has 0 aliphatic rings. The van der Waals surface area contributed by atoms with Gasteiger partial charge in [-0.05, 0) is 17.9 Å². The highest BCUT2D eigenvalue weighted by Crippen LogP contribution is 2.27. The van der Waals surface area contributed by atoms with Gasteiger partial charge in [0.1, 0.15) is 10.7 Å². The van der Waals surface area contributed by atoms with Gasteiger partial charge in [0.2, 0.25) is 5.28 Å². The highest BCUT2D eigenvalue weighted by atomic mass is 35.5. The maximum atomic E-state index is 5.62. The lowest BCUT2D eigenvalue weighted by Crippen LogP contribution is -1.96. The zero-order chi connectivity index (χ0) is 8.43. The second-order valence-corrected chi connectivity index (χ2v) is 3.20. The van der Waals surface area contributed by atoms with Crippen LogP contribution >= 0.6 is 35.0 Å². The third-order valence-corrected chi connectivity index (χ3v) is 2.19. The van der Waals surface area contributed by atoms with Gasteiger partial charge in [0, 0.05) is 0 Å². The molecule has 1 heterocycles. The normalized spacial score (nSPS) is 10.1. The van der Waals surface area contributed by atoms with Gasteiger partial charge in [-0.25, -0.2) is 9.97 Å². The second-order valence-electron chi connectivity index (χ2n) is 1.71. The molecule has 0 saturated heterocycles. The van der Waals surface area contributed by atoms with Gasteiger partial charge >= 0.3 is 0 Å². The molecule has 0 bridgehead atoms. The van der Waals surface area contributed by atoms with Crippen LogP contribution in [0.1, 0.15) is 0 Å². The molecule has 0 aliphatic carbocycles. The van der Waals surface area contributed by atoms with E-state index in [0.29, 0.717) is 10.7 Å². The molecule has 0 amide bonds. The van der Waals surface area contributed by atoms with E-state index in [0.717, 1.165) is 0 Å². The Morgan fingerprint density at radius 1 is 1.36 bits per heavy atom. The molecule has 3 nitrogen and oxygen atoms in total. The summed E-state index contributed by atoms with van der Waals surface area (Å²) < 4.78 is 0. The molecule has 11 heavy (non-hydrogen) atoms. The van der Waals surface area contributed by atoms with Crippen LogP contribution in [0.15, 0.2) is 5.03 Å². The van der Waals surface area contributed by atoms with Gasteiger partial charge in [-0.3, -0.25) is 0 Å². The summed E-state index contributed by atoms with van der Waals surface area (Å²) in [6.07, 6.45) is 1.84. The predicted octanol–water partition coefficient (Wildman–Crippen LogP) is 2.09. The van der Waals surface area contributed by atoms with Gasteiger partial charge in [0.15, 0.2) is 5.15 Å². The molecule has 1 aromatic heterocycles. The molecule has 2 N–H and O–H groups in total. The minimum atomic E-state index is 0.119. The van der Waals surface area contributed by atoms with Crippen molar-refractivity contribution in [3.05, 3.63) is 10.4 Å². The number of hydrogen-bond acceptors (Lipinski definition) is 4. The zero-order valence-electron chi connectivity index (χ0n) is 5.64. The number of halogens is 2. The van der Waals surface area contributed by atoms with E-state index in [1.165, 1.54) is 11.8 Å². The molecule has 0 unspecified atom stereocenters. The third kappa shape index (κ3) is 1.89. The Labute approximate surface area is 78.3 Å². The smallest absolute Gasteiger partial charge is 0.224 e. The lowest BCUT2D eigenvalue weighted by Gasteiger charge is -2.01. The third-order valence-electron chi connectivity index (χ3n) is 1.03. The summed E-state index contributed by atoms with van der Waals surface area (Å²) >= 11 is 12.5. The van der Waals surface area contributed by atoms with Gasteiger partial charge in [0.05, 0.1) is 0 Å². The van der Waals surface area contributed by atoms with Gasteiger partial charge in [-0.2, -0.15) is 0 Å². The summed E-state index contributed by atoms with van der Waals surface area (Å²) in [4.78, 5) is 7.52. The standard InChI is InChI=1S/C5H5Cl2N3S/c1-11-4-2(8)3(6)9-5(7)10-4/h8H2,1H3. The van der Waals surface area contributed by atoms with Crippen molar-refractivity contribution in [2.75, 3.05) is 12.0 Å². The van der Waals surface area contributed by atoms with Crippen LogP contribution in [0.5, 0.6) is 0 Å². The molecule has 0 saturated carbocycles. The van der Waals surface area contributed by atoms with Gasteiger partial charge in [-0.1, -0.05) is 11.6 Å². The van der Waals surface area contributed by atoms with Crippen molar-refractivity contribution < 1.29 is 0 Å². The summed E-state index contributed by atoms with van der Waals surface area (Å²) in [7, 11) is 0. The van der Waals surface area contributed by atoms with E-state index in [1.54, 1.807) is 0 Å². The number of rotatable bonds is 1. The Balaban J connectivity index is 3.24. The number of thioether (sulfide) groups is 1. The molecular formula is C5H5Cl2N3S. The first-order chi connectivity index (χ1) is 5.15. The largest absolute Gasteiger partial charge is 0.394 e. The number of nitrogen functional groups attached to an aromatic ring is 1. The monoisotopic (exact) mass is 209 g/mol. The van der Waals surface area contributed by atoms with Crippen molar-refractivity contribution in [1.29, 1.82) is 0 Å². The van der Waals surface area contributed by atoms with E-state index in [1.807, 2.05) is 6.26 Å². The fourth-order valence-electron chi connectivity index (χ4n) is 0.554. The number of nitrogens with two attached hydrogens (primary N) is 1. The molecule has 1 aromatic rings. The van der Waals surface area contributed by atoms with E-state index in [2.05, 4.69) is 9.97 Å². The summed E-state index contributed by atoms with van der Waals surface area (Å²) in [6, 6.07) is 0. The van der Waals surface area contributed by atoms with E-state index in [4.69, 9.17) is 28.9 Å². The van der Waals surface area contributed by atoms with Crippen LogP contribution in [0, 0.1) is 0 Å². The van der Waals surface area contributed by atoms with E-state index >= 15 is 0 Å².